The highest BCUT2D eigenvalue weighted by atomic mass is 15.3. The van der Waals surface area contributed by atoms with Gasteiger partial charge in [0.1, 0.15) is 0 Å². The lowest BCUT2D eigenvalue weighted by atomic mass is 10.1. The molecule has 84 valence electrons. The van der Waals surface area contributed by atoms with Gasteiger partial charge in [-0.2, -0.15) is 0 Å². The zero-order valence-electron chi connectivity index (χ0n) is 9.71. The van der Waals surface area contributed by atoms with Crippen molar-refractivity contribution in [1.82, 2.24) is 9.80 Å². The van der Waals surface area contributed by atoms with E-state index in [9.17, 15) is 0 Å². The fourth-order valence-electron chi connectivity index (χ4n) is 2.13. The molecule has 3 heteroatoms. The van der Waals surface area contributed by atoms with E-state index < -0.39 is 0 Å². The molecular weight excluding hydrogens is 174 g/mol. The van der Waals surface area contributed by atoms with E-state index in [-0.39, 0.29) is 0 Å². The fraction of sp³-hybridized carbons (Fsp3) is 1.00. The summed E-state index contributed by atoms with van der Waals surface area (Å²) in [4.78, 5) is 5.07. The van der Waals surface area contributed by atoms with Gasteiger partial charge in [0.25, 0.3) is 0 Å². The van der Waals surface area contributed by atoms with Gasteiger partial charge in [-0.3, -0.25) is 0 Å². The molecule has 1 unspecified atom stereocenters. The molecule has 1 heterocycles. The van der Waals surface area contributed by atoms with E-state index in [2.05, 4.69) is 23.8 Å². The van der Waals surface area contributed by atoms with E-state index in [1.807, 2.05) is 0 Å². The van der Waals surface area contributed by atoms with Gasteiger partial charge >= 0.3 is 0 Å². The van der Waals surface area contributed by atoms with Crippen molar-refractivity contribution in [2.75, 3.05) is 39.8 Å². The number of nitrogens with two attached hydrogens (primary N) is 1. The number of unbranched alkanes of at least 4 members (excludes halogenated alkanes) is 1. The maximum Gasteiger partial charge on any atom is 0.0218 e. The van der Waals surface area contributed by atoms with E-state index in [1.54, 1.807) is 0 Å². The van der Waals surface area contributed by atoms with E-state index >= 15 is 0 Å². The average molecular weight is 199 g/mol. The van der Waals surface area contributed by atoms with Gasteiger partial charge in [-0.1, -0.05) is 6.92 Å². The Morgan fingerprint density at radius 1 is 1.29 bits per heavy atom. The predicted molar refractivity (Wildman–Crippen MR) is 61.4 cm³/mol. The third-order valence-corrected chi connectivity index (χ3v) is 3.26. The molecule has 1 aliphatic rings. The largest absolute Gasteiger partial charge is 0.330 e. The van der Waals surface area contributed by atoms with Crippen LogP contribution < -0.4 is 5.73 Å². The van der Waals surface area contributed by atoms with Gasteiger partial charge in [0.2, 0.25) is 0 Å². The van der Waals surface area contributed by atoms with Crippen molar-refractivity contribution in [2.45, 2.75) is 32.2 Å². The standard InChI is InChI=1S/C11H25N3/c1-3-11-10-14(7-5-4-6-12)9-8-13(11)2/h11H,3-10,12H2,1-2H3. The minimum Gasteiger partial charge on any atom is -0.330 e. The highest BCUT2D eigenvalue weighted by molar-refractivity contribution is 4.78. The lowest BCUT2D eigenvalue weighted by molar-refractivity contribution is 0.0922. The minimum absolute atomic E-state index is 0.765. The maximum atomic E-state index is 5.49. The van der Waals surface area contributed by atoms with Crippen LogP contribution in [0.5, 0.6) is 0 Å². The Hall–Kier alpha value is -0.120. The summed E-state index contributed by atoms with van der Waals surface area (Å²) < 4.78 is 0. The van der Waals surface area contributed by atoms with Gasteiger partial charge in [-0.05, 0) is 39.4 Å². The van der Waals surface area contributed by atoms with Crippen molar-refractivity contribution in [3.8, 4) is 0 Å². The Labute approximate surface area is 88.2 Å². The van der Waals surface area contributed by atoms with Crippen LogP contribution in [0.2, 0.25) is 0 Å². The minimum atomic E-state index is 0.765. The lowest BCUT2D eigenvalue weighted by Gasteiger charge is -2.39. The number of rotatable bonds is 5. The molecule has 0 bridgehead atoms. The van der Waals surface area contributed by atoms with Crippen molar-refractivity contribution in [3.05, 3.63) is 0 Å². The summed E-state index contributed by atoms with van der Waals surface area (Å²) in [5.41, 5.74) is 5.49. The molecule has 0 aliphatic carbocycles. The van der Waals surface area contributed by atoms with Gasteiger partial charge in [0.05, 0.1) is 0 Å². The Kier molecular flexibility index (Phi) is 5.45. The highest BCUT2D eigenvalue weighted by Crippen LogP contribution is 2.10. The van der Waals surface area contributed by atoms with Crippen LogP contribution in [0.3, 0.4) is 0 Å². The molecule has 1 saturated heterocycles. The van der Waals surface area contributed by atoms with Gasteiger partial charge in [0, 0.05) is 25.7 Å². The quantitative estimate of drug-likeness (QED) is 0.663. The second-order valence-corrected chi connectivity index (χ2v) is 4.34. The molecule has 3 nitrogen and oxygen atoms in total. The summed E-state index contributed by atoms with van der Waals surface area (Å²) in [5.74, 6) is 0. The molecule has 1 fully saturated rings. The Bertz CT molecular complexity index is 149. The first kappa shape index (κ1) is 12.0. The van der Waals surface area contributed by atoms with Crippen LogP contribution in [0.4, 0.5) is 0 Å². The molecule has 0 aromatic heterocycles. The fourth-order valence-corrected chi connectivity index (χ4v) is 2.13. The Morgan fingerprint density at radius 3 is 2.71 bits per heavy atom. The third-order valence-electron chi connectivity index (χ3n) is 3.26. The first-order valence-corrected chi connectivity index (χ1v) is 5.90. The number of likely N-dealkylation sites (N-methyl/N-ethyl adjacent to an activating group) is 1. The van der Waals surface area contributed by atoms with Gasteiger partial charge in [0.15, 0.2) is 0 Å². The van der Waals surface area contributed by atoms with Gasteiger partial charge in [-0.15, -0.1) is 0 Å². The Morgan fingerprint density at radius 2 is 2.07 bits per heavy atom. The molecule has 1 aliphatic heterocycles. The van der Waals surface area contributed by atoms with Crippen LogP contribution in [-0.4, -0.2) is 55.6 Å². The number of hydrogen-bond acceptors (Lipinski definition) is 3. The molecule has 0 radical (unpaired) electrons. The molecule has 1 atom stereocenters. The van der Waals surface area contributed by atoms with Crippen molar-refractivity contribution in [1.29, 1.82) is 0 Å². The van der Waals surface area contributed by atoms with Crippen LogP contribution in [0.15, 0.2) is 0 Å². The molecule has 0 aromatic rings. The zero-order chi connectivity index (χ0) is 10.4. The van der Waals surface area contributed by atoms with E-state index in [1.165, 1.54) is 45.4 Å². The monoisotopic (exact) mass is 199 g/mol. The van der Waals surface area contributed by atoms with Crippen LogP contribution in [0, 0.1) is 0 Å². The van der Waals surface area contributed by atoms with Crippen LogP contribution in [0.1, 0.15) is 26.2 Å². The van der Waals surface area contributed by atoms with Crippen molar-refractivity contribution >= 4 is 0 Å². The topological polar surface area (TPSA) is 32.5 Å². The summed E-state index contributed by atoms with van der Waals surface area (Å²) >= 11 is 0. The second kappa shape index (κ2) is 6.38. The molecule has 14 heavy (non-hydrogen) atoms. The molecule has 2 N–H and O–H groups in total. The molecule has 0 saturated carbocycles. The van der Waals surface area contributed by atoms with Crippen LogP contribution in [-0.2, 0) is 0 Å². The molecule has 0 spiro atoms. The summed E-state index contributed by atoms with van der Waals surface area (Å²) in [7, 11) is 2.24. The summed E-state index contributed by atoms with van der Waals surface area (Å²) in [6, 6.07) is 0.765. The average Bonchev–Trinajstić information content (AvgIpc) is 2.21. The smallest absolute Gasteiger partial charge is 0.0218 e. The van der Waals surface area contributed by atoms with E-state index in [0.717, 1.165) is 12.6 Å². The molecule has 0 aromatic carbocycles. The van der Waals surface area contributed by atoms with E-state index in [4.69, 9.17) is 5.73 Å². The van der Waals surface area contributed by atoms with E-state index in [0.29, 0.717) is 0 Å². The summed E-state index contributed by atoms with van der Waals surface area (Å²) in [6.45, 7) is 8.06. The number of piperazine rings is 1. The lowest BCUT2D eigenvalue weighted by Crippen LogP contribution is -2.51. The van der Waals surface area contributed by atoms with Crippen LogP contribution >= 0.6 is 0 Å². The second-order valence-electron chi connectivity index (χ2n) is 4.34. The summed E-state index contributed by atoms with van der Waals surface area (Å²) in [6.07, 6.45) is 3.70. The highest BCUT2D eigenvalue weighted by Gasteiger charge is 2.21. The first-order valence-electron chi connectivity index (χ1n) is 5.90. The SMILES string of the molecule is CCC1CN(CCCCN)CCN1C. The molecular formula is C11H25N3. The Balaban J connectivity index is 2.21. The predicted octanol–water partition coefficient (Wildman–Crippen LogP) is 0.751. The van der Waals surface area contributed by atoms with Crippen LogP contribution in [0.25, 0.3) is 0 Å². The maximum absolute atomic E-state index is 5.49. The third kappa shape index (κ3) is 3.56. The van der Waals surface area contributed by atoms with Gasteiger partial charge in [-0.25, -0.2) is 0 Å². The number of hydrogen-bond donors (Lipinski definition) is 1. The molecule has 0 amide bonds. The first-order chi connectivity index (χ1) is 6.77. The normalized spacial score (nSPS) is 25.5. The summed E-state index contributed by atoms with van der Waals surface area (Å²) in [5, 5.41) is 0. The van der Waals surface area contributed by atoms with Crippen molar-refractivity contribution < 1.29 is 0 Å². The number of nitrogens with zero attached hydrogens (tertiary/aromatic N) is 2. The van der Waals surface area contributed by atoms with Crippen molar-refractivity contribution in [3.63, 3.8) is 0 Å². The molecule has 1 rings (SSSR count). The van der Waals surface area contributed by atoms with Gasteiger partial charge < -0.3 is 15.5 Å². The zero-order valence-corrected chi connectivity index (χ0v) is 9.71. The van der Waals surface area contributed by atoms with Crippen molar-refractivity contribution in [2.24, 2.45) is 5.73 Å².